The number of nitrogens with zero attached hydrogens (tertiary/aromatic N) is 2. The van der Waals surface area contributed by atoms with Crippen LogP contribution < -0.4 is 16.4 Å². The second kappa shape index (κ2) is 33.9. The lowest BCUT2D eigenvalue weighted by Crippen LogP contribution is -2.47. The summed E-state index contributed by atoms with van der Waals surface area (Å²) in [4.78, 5) is 74.6. The lowest BCUT2D eigenvalue weighted by Gasteiger charge is -2.31. The molecular formula is C68H93Cl3F3N5O13. The molecule has 1 unspecified atom stereocenters. The fourth-order valence-corrected chi connectivity index (χ4v) is 14.8. The maximum absolute atomic E-state index is 14.0. The van der Waals surface area contributed by atoms with Crippen molar-refractivity contribution >= 4 is 70.7 Å². The first kappa shape index (κ1) is 74.1. The first-order chi connectivity index (χ1) is 43.5. The van der Waals surface area contributed by atoms with Crippen LogP contribution in [0.15, 0.2) is 54.6 Å². The second-order valence-corrected chi connectivity index (χ2v) is 28.6. The van der Waals surface area contributed by atoms with E-state index < -0.39 is 77.1 Å². The fourth-order valence-electron chi connectivity index (χ4n) is 14.2. The summed E-state index contributed by atoms with van der Waals surface area (Å²) in [5.74, 6) is -1.40. The van der Waals surface area contributed by atoms with Gasteiger partial charge in [0.05, 0.1) is 21.1 Å². The number of aliphatic hydroxyl groups is 1. The number of carbonyl (C=O) groups excluding carboxylic acids is 4. The number of likely N-dealkylation sites (tertiary alicyclic amines) is 2. The summed E-state index contributed by atoms with van der Waals surface area (Å²) in [6.07, 6.45) is 17.4. The number of esters is 1. The number of halogens is 6. The van der Waals surface area contributed by atoms with E-state index in [2.05, 4.69) is 10.6 Å². The maximum Gasteiger partial charge on any atom is 0.411 e. The third kappa shape index (κ3) is 20.6. The van der Waals surface area contributed by atoms with E-state index >= 15 is 0 Å². The Balaban J connectivity index is 0.000000165. The quantitative estimate of drug-likeness (QED) is 0.0815. The zero-order valence-electron chi connectivity index (χ0n) is 53.6. The topological polar surface area (TPSA) is 257 Å². The van der Waals surface area contributed by atoms with Crippen LogP contribution in [-0.4, -0.2) is 133 Å². The lowest BCUT2D eigenvalue weighted by atomic mass is 9.97. The highest BCUT2D eigenvalue weighted by molar-refractivity contribution is 6.31. The van der Waals surface area contributed by atoms with E-state index in [-0.39, 0.29) is 69.7 Å². The molecule has 13 atom stereocenters. The van der Waals surface area contributed by atoms with Crippen molar-refractivity contribution < 1.29 is 76.2 Å². The molecule has 0 aromatic heterocycles. The Kier molecular flexibility index (Phi) is 27.3. The van der Waals surface area contributed by atoms with Gasteiger partial charge in [-0.2, -0.15) is 0 Å². The van der Waals surface area contributed by atoms with E-state index in [9.17, 15) is 47.0 Å². The Morgan fingerprint density at radius 2 is 1.02 bits per heavy atom. The number of aliphatic hydroxyl groups excluding tert-OH is 1. The van der Waals surface area contributed by atoms with Crippen molar-refractivity contribution in [2.24, 2.45) is 29.4 Å². The van der Waals surface area contributed by atoms with Crippen LogP contribution in [0.25, 0.3) is 0 Å². The minimum Gasteiger partial charge on any atom is -0.480 e. The minimum absolute atomic E-state index is 0.000283. The molecule has 3 aromatic carbocycles. The van der Waals surface area contributed by atoms with Crippen molar-refractivity contribution in [1.82, 2.24) is 20.4 Å². The van der Waals surface area contributed by atoms with E-state index in [1.807, 2.05) is 0 Å². The van der Waals surface area contributed by atoms with Crippen molar-refractivity contribution in [2.45, 2.75) is 249 Å². The van der Waals surface area contributed by atoms with Crippen LogP contribution in [0, 0.1) is 41.1 Å². The van der Waals surface area contributed by atoms with E-state index in [0.29, 0.717) is 66.6 Å². The molecule has 24 heteroatoms. The zero-order valence-corrected chi connectivity index (χ0v) is 55.9. The predicted molar refractivity (Wildman–Crippen MR) is 342 cm³/mol. The van der Waals surface area contributed by atoms with E-state index in [4.69, 9.17) is 69.7 Å². The molecule has 12 rings (SSSR count). The molecular weight excluding hydrogens is 1260 g/mol. The molecule has 5 heterocycles. The Hall–Kier alpha value is -5.26. The number of ketones is 1. The van der Waals surface area contributed by atoms with Crippen LogP contribution in [0.1, 0.15) is 180 Å². The van der Waals surface area contributed by atoms with Crippen LogP contribution >= 0.6 is 34.8 Å². The summed E-state index contributed by atoms with van der Waals surface area (Å²) in [7, 11) is 0. The fraction of sp³-hybridized carbons (Fsp3) is 0.647. The summed E-state index contributed by atoms with van der Waals surface area (Å²) < 4.78 is 61.4. The molecule has 5 aliphatic heterocycles. The molecule has 4 aliphatic carbocycles. The molecule has 0 bridgehead atoms. The summed E-state index contributed by atoms with van der Waals surface area (Å²) in [5, 5.41) is 33.3. The third-order valence-corrected chi connectivity index (χ3v) is 19.5. The van der Waals surface area contributed by atoms with Gasteiger partial charge in [-0.1, -0.05) is 96.9 Å². The molecule has 7 N–H and O–H groups in total. The van der Waals surface area contributed by atoms with Gasteiger partial charge in [-0.05, 0) is 179 Å². The standard InChI is InChI=1S/C20H25ClFNO4.C16H19ClFNO.C13H21NO4.C8H13NO2.C7H7ClFN.C4H8O2/c1-20(2,3)27-19(25)23-15-9-5-6-12(15)10-16(23)18(24)26-11-13-7-4-8-14(21)17(13)22;17-12-5-1-3-10(16(12)18)7-8-15(20)14-9-11-4-2-6-13(11)19-14;1-13(2,3)18-12(17)14-9-6-4-5-8(9)7-10(14)11(15)16;10-8(11)7-4-5-2-1-3-6(5)9-7;8-6-3-1-2-5(4-10)7(6)9;5-4-2-1-3-6-4/h4,7-8,12,15-16H,5-6,9-11H2,1-3H3;1,3,5,11,13-14,19H,2,4,6-9H2;8-10H,4-7H2,1-3H3,(H,15,16);5-7,9H,1-4H2,(H,10,11);1-3H,4,10H2;4-5H,1-3H2/t12-,15-,16+;11-,13-,14+;8-,9-,10+;5-,6-,7+;;/m1111../s1. The first-order valence-electron chi connectivity index (χ1n) is 32.5. The average molecular weight is 1350 g/mol. The number of hydrogen-bond donors (Lipinski definition) is 6. The highest BCUT2D eigenvalue weighted by atomic mass is 35.5. The van der Waals surface area contributed by atoms with Gasteiger partial charge in [0.2, 0.25) is 0 Å². The van der Waals surface area contributed by atoms with Crippen molar-refractivity contribution in [3.63, 3.8) is 0 Å². The normalized spacial score (nSPS) is 28.0. The van der Waals surface area contributed by atoms with E-state index in [1.54, 1.807) is 76.8 Å². The second-order valence-electron chi connectivity index (χ2n) is 27.4. The molecule has 0 radical (unpaired) electrons. The molecule has 5 saturated heterocycles. The number of ether oxygens (including phenoxy) is 4. The predicted octanol–water partition coefficient (Wildman–Crippen LogP) is 13.1. The van der Waals surface area contributed by atoms with Crippen LogP contribution in [-0.2, 0) is 57.7 Å². The number of aryl methyl sites for hydroxylation is 1. The van der Waals surface area contributed by atoms with Crippen LogP contribution in [0.4, 0.5) is 22.8 Å². The van der Waals surface area contributed by atoms with Gasteiger partial charge in [0, 0.05) is 61.3 Å². The number of aliphatic carboxylic acids is 2. The highest BCUT2D eigenvalue weighted by Crippen LogP contribution is 2.44. The monoisotopic (exact) mass is 1350 g/mol. The molecule has 18 nitrogen and oxygen atoms in total. The lowest BCUT2D eigenvalue weighted by molar-refractivity contribution is -0.150. The smallest absolute Gasteiger partial charge is 0.411 e. The van der Waals surface area contributed by atoms with Crippen LogP contribution in [0.3, 0.4) is 0 Å². The van der Waals surface area contributed by atoms with Gasteiger partial charge in [-0.25, -0.2) is 32.3 Å². The van der Waals surface area contributed by atoms with Crippen LogP contribution in [0.2, 0.25) is 15.1 Å². The summed E-state index contributed by atoms with van der Waals surface area (Å²) in [5.41, 5.74) is 5.18. The number of hydrogen-bond acceptors (Lipinski definition) is 14. The Morgan fingerprint density at radius 3 is 1.47 bits per heavy atom. The molecule has 4 saturated carbocycles. The number of carboxylic acid groups (broad SMARTS) is 2. The van der Waals surface area contributed by atoms with Gasteiger partial charge in [-0.15, -0.1) is 0 Å². The number of Topliss-reactive ketones (excluding diaryl/α,β-unsaturated/α-hetero) is 1. The Morgan fingerprint density at radius 1 is 0.576 bits per heavy atom. The van der Waals surface area contributed by atoms with Crippen molar-refractivity contribution in [2.75, 3.05) is 6.61 Å². The number of rotatable bonds is 10. The molecule has 510 valence electrons. The molecule has 0 spiro atoms. The zero-order chi connectivity index (χ0) is 67.2. The van der Waals surface area contributed by atoms with Crippen LogP contribution in [0.5, 0.6) is 0 Å². The molecule has 2 amide bonds. The number of nitrogens with two attached hydrogens (primary N) is 1. The largest absolute Gasteiger partial charge is 0.480 e. The van der Waals surface area contributed by atoms with Gasteiger partial charge in [0.15, 0.2) is 6.29 Å². The van der Waals surface area contributed by atoms with E-state index in [1.165, 1.54) is 67.7 Å². The maximum atomic E-state index is 14.0. The first-order valence-corrected chi connectivity index (χ1v) is 33.6. The van der Waals surface area contributed by atoms with E-state index in [0.717, 1.165) is 70.8 Å². The number of benzene rings is 3. The minimum atomic E-state index is -0.921. The van der Waals surface area contributed by atoms with Gasteiger partial charge in [0.1, 0.15) is 59.2 Å². The third-order valence-electron chi connectivity index (χ3n) is 18.6. The van der Waals surface area contributed by atoms with Crippen molar-refractivity contribution in [3.05, 3.63) is 104 Å². The summed E-state index contributed by atoms with van der Waals surface area (Å²) >= 11 is 17.0. The van der Waals surface area contributed by atoms with Crippen molar-refractivity contribution in [3.8, 4) is 0 Å². The van der Waals surface area contributed by atoms with Gasteiger partial charge >= 0.3 is 30.1 Å². The molecule has 92 heavy (non-hydrogen) atoms. The number of fused-ring (bicyclic) bond motifs is 4. The molecule has 3 aromatic rings. The summed E-state index contributed by atoms with van der Waals surface area (Å²) in [6, 6.07) is 13.7. The Bertz CT molecular complexity index is 2980. The molecule has 9 aliphatic rings. The SMILES string of the molecule is CC(C)(C)OC(=O)N1[C@@H]2CCC[C@@H]2C[C@H]1C(=O)O.CC(C)(C)OC(=O)N1[C@@H]2CCC[C@@H]2C[C@H]1C(=O)OCc1cccc(Cl)c1F.NCc1cccc(Cl)c1F.O=C(CCc1cccc(Cl)c1F)[C@@H]1C[C@H]2CCC[C@H]2N1.O=C(O)[C@@H]1C[C@H]2CCC[C@H]2N1.OC1CCCO1. The number of carboxylic acids is 2. The van der Waals surface area contributed by atoms with Crippen molar-refractivity contribution in [1.29, 1.82) is 0 Å². The average Bonchev–Trinajstić information content (AvgIpc) is 1.64. The Labute approximate surface area is 553 Å². The highest BCUT2D eigenvalue weighted by Gasteiger charge is 2.52. The van der Waals surface area contributed by atoms with Gasteiger partial charge in [0.25, 0.3) is 0 Å². The number of nitrogens with one attached hydrogen (secondary N) is 2. The number of amides is 2. The molecule has 9 fully saturated rings. The van der Waals surface area contributed by atoms with Gasteiger partial charge < -0.3 is 50.6 Å². The summed E-state index contributed by atoms with van der Waals surface area (Å²) in [6.45, 7) is 11.5. The number of carbonyl (C=O) groups is 6. The van der Waals surface area contributed by atoms with Gasteiger partial charge in [-0.3, -0.25) is 19.4 Å².